The highest BCUT2D eigenvalue weighted by Crippen LogP contribution is 2.37. The zero-order chi connectivity index (χ0) is 22.2. The molecule has 2 fully saturated rings. The molecule has 0 bridgehead atoms. The van der Waals surface area contributed by atoms with E-state index >= 15 is 0 Å². The standard InChI is InChI=1S/C24H26F2N4O2/c1-15-27-28-23-21(26)13-17(14-29(15)23)12-16-2-4-19(5-3-16)24(31)30-22(10-11-32-30)18-6-8-20(25)9-7-18/h6-9,13-14,16,19,22H,2-5,10-12H2,1H3/t16?,19?,22-/m0/s1. The number of carbonyl (C=O) groups excluding carboxylic acids is 1. The molecule has 1 aromatic carbocycles. The maximum atomic E-state index is 14.3. The Labute approximate surface area is 185 Å². The molecule has 6 nitrogen and oxygen atoms in total. The lowest BCUT2D eigenvalue weighted by Gasteiger charge is -2.32. The van der Waals surface area contributed by atoms with Gasteiger partial charge in [0.05, 0.1) is 12.6 Å². The third-order valence-electron chi connectivity index (χ3n) is 6.78. The molecule has 168 valence electrons. The Hall–Kier alpha value is -2.87. The maximum Gasteiger partial charge on any atom is 0.249 e. The first-order valence-corrected chi connectivity index (χ1v) is 11.2. The molecule has 0 N–H and O–H groups in total. The fourth-order valence-electron chi connectivity index (χ4n) is 5.03. The molecule has 0 radical (unpaired) electrons. The van der Waals surface area contributed by atoms with Crippen molar-refractivity contribution in [2.75, 3.05) is 6.61 Å². The van der Waals surface area contributed by atoms with E-state index in [1.165, 1.54) is 17.2 Å². The number of pyridine rings is 1. The molecule has 0 unspecified atom stereocenters. The summed E-state index contributed by atoms with van der Waals surface area (Å²) in [5, 5.41) is 9.32. The van der Waals surface area contributed by atoms with Crippen molar-refractivity contribution in [3.05, 3.63) is 65.1 Å². The van der Waals surface area contributed by atoms with Gasteiger partial charge in [0, 0.05) is 18.5 Å². The summed E-state index contributed by atoms with van der Waals surface area (Å²) >= 11 is 0. The fourth-order valence-corrected chi connectivity index (χ4v) is 5.03. The van der Waals surface area contributed by atoms with Gasteiger partial charge in [-0.2, -0.15) is 0 Å². The topological polar surface area (TPSA) is 59.7 Å². The van der Waals surface area contributed by atoms with Crippen LogP contribution >= 0.6 is 0 Å². The van der Waals surface area contributed by atoms with E-state index in [-0.39, 0.29) is 35.1 Å². The van der Waals surface area contributed by atoms with Crippen molar-refractivity contribution in [3.63, 3.8) is 0 Å². The highest BCUT2D eigenvalue weighted by molar-refractivity contribution is 5.78. The predicted octanol–water partition coefficient (Wildman–Crippen LogP) is 4.57. The minimum absolute atomic E-state index is 0.0165. The van der Waals surface area contributed by atoms with Gasteiger partial charge in [0.25, 0.3) is 0 Å². The minimum atomic E-state index is -0.356. The molecule has 1 amide bonds. The number of aryl methyl sites for hydroxylation is 1. The summed E-state index contributed by atoms with van der Waals surface area (Å²) in [5.74, 6) is 0.359. The Balaban J connectivity index is 1.21. The average molecular weight is 440 g/mol. The van der Waals surface area contributed by atoms with Gasteiger partial charge in [0.2, 0.25) is 5.91 Å². The van der Waals surface area contributed by atoms with E-state index in [4.69, 9.17) is 4.84 Å². The van der Waals surface area contributed by atoms with Gasteiger partial charge < -0.3 is 0 Å². The molecule has 32 heavy (non-hydrogen) atoms. The normalized spacial score (nSPS) is 23.7. The van der Waals surface area contributed by atoms with Crippen molar-refractivity contribution in [3.8, 4) is 0 Å². The van der Waals surface area contributed by atoms with Crippen LogP contribution in [-0.2, 0) is 16.1 Å². The quantitative estimate of drug-likeness (QED) is 0.596. The first-order chi connectivity index (χ1) is 15.5. The zero-order valence-corrected chi connectivity index (χ0v) is 18.0. The van der Waals surface area contributed by atoms with Gasteiger partial charge in [-0.15, -0.1) is 10.2 Å². The van der Waals surface area contributed by atoms with E-state index in [0.717, 1.165) is 43.2 Å². The number of amides is 1. The monoisotopic (exact) mass is 440 g/mol. The largest absolute Gasteiger partial charge is 0.284 e. The van der Waals surface area contributed by atoms with Crippen molar-refractivity contribution >= 4 is 11.6 Å². The number of aromatic nitrogens is 3. The van der Waals surface area contributed by atoms with E-state index in [9.17, 15) is 13.6 Å². The van der Waals surface area contributed by atoms with Crippen molar-refractivity contribution < 1.29 is 18.4 Å². The van der Waals surface area contributed by atoms with Gasteiger partial charge in [-0.05, 0) is 74.3 Å². The summed E-state index contributed by atoms with van der Waals surface area (Å²) in [4.78, 5) is 18.9. The maximum absolute atomic E-state index is 14.3. The van der Waals surface area contributed by atoms with Crippen molar-refractivity contribution in [2.24, 2.45) is 11.8 Å². The van der Waals surface area contributed by atoms with Crippen molar-refractivity contribution in [2.45, 2.75) is 51.5 Å². The molecule has 3 heterocycles. The third-order valence-corrected chi connectivity index (χ3v) is 6.78. The van der Waals surface area contributed by atoms with Crippen LogP contribution in [-0.4, -0.2) is 32.2 Å². The van der Waals surface area contributed by atoms with Gasteiger partial charge in [0.15, 0.2) is 11.5 Å². The Morgan fingerprint density at radius 2 is 1.84 bits per heavy atom. The Morgan fingerprint density at radius 3 is 2.59 bits per heavy atom. The number of carbonyl (C=O) groups is 1. The number of rotatable bonds is 4. The van der Waals surface area contributed by atoms with Crippen LogP contribution in [0.3, 0.4) is 0 Å². The molecule has 5 rings (SSSR count). The molecular weight excluding hydrogens is 414 g/mol. The highest BCUT2D eigenvalue weighted by Gasteiger charge is 2.37. The molecule has 1 saturated carbocycles. The van der Waals surface area contributed by atoms with Crippen LogP contribution in [0.2, 0.25) is 0 Å². The minimum Gasteiger partial charge on any atom is -0.284 e. The van der Waals surface area contributed by atoms with E-state index in [0.29, 0.717) is 24.8 Å². The lowest BCUT2D eigenvalue weighted by atomic mass is 9.79. The number of nitrogens with zero attached hydrogens (tertiary/aromatic N) is 4. The van der Waals surface area contributed by atoms with Gasteiger partial charge >= 0.3 is 0 Å². The summed E-state index contributed by atoms with van der Waals surface area (Å²) < 4.78 is 29.3. The molecule has 1 saturated heterocycles. The molecule has 2 aromatic heterocycles. The number of benzene rings is 1. The summed E-state index contributed by atoms with van der Waals surface area (Å²) in [7, 11) is 0. The molecular formula is C24H26F2N4O2. The van der Waals surface area contributed by atoms with E-state index in [1.807, 2.05) is 6.20 Å². The number of fused-ring (bicyclic) bond motifs is 1. The van der Waals surface area contributed by atoms with Crippen LogP contribution in [0.5, 0.6) is 0 Å². The Bertz CT molecular complexity index is 1120. The lowest BCUT2D eigenvalue weighted by molar-refractivity contribution is -0.183. The number of halogens is 2. The fraction of sp³-hybridized carbons (Fsp3) is 0.458. The molecule has 1 aliphatic carbocycles. The number of hydrogen-bond acceptors (Lipinski definition) is 4. The lowest BCUT2D eigenvalue weighted by Crippen LogP contribution is -2.36. The van der Waals surface area contributed by atoms with Crippen LogP contribution in [0.4, 0.5) is 8.78 Å². The van der Waals surface area contributed by atoms with Crippen LogP contribution in [0.1, 0.15) is 55.1 Å². The summed E-state index contributed by atoms with van der Waals surface area (Å²) in [6.45, 7) is 2.29. The van der Waals surface area contributed by atoms with Crippen molar-refractivity contribution in [1.82, 2.24) is 19.7 Å². The molecule has 0 spiro atoms. The summed E-state index contributed by atoms with van der Waals surface area (Å²) in [6, 6.07) is 7.67. The molecule has 1 aliphatic heterocycles. The summed E-state index contributed by atoms with van der Waals surface area (Å²) in [6.07, 6.45) is 6.79. The second-order valence-corrected chi connectivity index (χ2v) is 8.91. The highest BCUT2D eigenvalue weighted by atomic mass is 19.1. The molecule has 3 aromatic rings. The molecule has 8 heteroatoms. The molecule has 1 atom stereocenters. The second kappa shape index (κ2) is 8.58. The van der Waals surface area contributed by atoms with E-state index in [2.05, 4.69) is 10.2 Å². The zero-order valence-electron chi connectivity index (χ0n) is 18.0. The van der Waals surface area contributed by atoms with Crippen LogP contribution in [0, 0.1) is 30.4 Å². The Morgan fingerprint density at radius 1 is 1.09 bits per heavy atom. The first-order valence-electron chi connectivity index (χ1n) is 11.2. The van der Waals surface area contributed by atoms with E-state index < -0.39 is 0 Å². The first kappa shape index (κ1) is 21.0. The second-order valence-electron chi connectivity index (χ2n) is 8.91. The Kier molecular flexibility index (Phi) is 5.63. The van der Waals surface area contributed by atoms with E-state index in [1.54, 1.807) is 29.5 Å². The van der Waals surface area contributed by atoms with Crippen molar-refractivity contribution in [1.29, 1.82) is 0 Å². The van der Waals surface area contributed by atoms with Gasteiger partial charge in [-0.3, -0.25) is 14.0 Å². The average Bonchev–Trinajstić information content (AvgIpc) is 3.42. The third kappa shape index (κ3) is 3.99. The van der Waals surface area contributed by atoms with Gasteiger partial charge in [-0.25, -0.2) is 13.8 Å². The summed E-state index contributed by atoms with van der Waals surface area (Å²) in [5.41, 5.74) is 2.07. The number of hydrogen-bond donors (Lipinski definition) is 0. The van der Waals surface area contributed by atoms with Crippen LogP contribution in [0.15, 0.2) is 36.5 Å². The smallest absolute Gasteiger partial charge is 0.249 e. The van der Waals surface area contributed by atoms with Gasteiger partial charge in [-0.1, -0.05) is 12.1 Å². The van der Waals surface area contributed by atoms with Crippen LogP contribution < -0.4 is 0 Å². The SMILES string of the molecule is Cc1nnc2c(F)cc(CC3CCC(C(=O)N4OCC[C@H]4c4ccc(F)cc4)CC3)cn12. The predicted molar refractivity (Wildman–Crippen MR) is 113 cm³/mol. The van der Waals surface area contributed by atoms with Gasteiger partial charge in [0.1, 0.15) is 11.6 Å². The molecule has 2 aliphatic rings. The number of hydroxylamine groups is 2. The van der Waals surface area contributed by atoms with Crippen LogP contribution in [0.25, 0.3) is 5.65 Å².